The van der Waals surface area contributed by atoms with Crippen molar-refractivity contribution in [1.29, 1.82) is 0 Å². The van der Waals surface area contributed by atoms with Gasteiger partial charge in [-0.2, -0.15) is 0 Å². The maximum Gasteiger partial charge on any atom is 0.277 e. The predicted octanol–water partition coefficient (Wildman–Crippen LogP) is 2.86. The lowest BCUT2D eigenvalue weighted by Crippen LogP contribution is -2.55. The lowest BCUT2D eigenvalue weighted by molar-refractivity contribution is 0.0667. The Morgan fingerprint density at radius 2 is 1.82 bits per heavy atom. The minimum atomic E-state index is -0.615. The highest BCUT2D eigenvalue weighted by molar-refractivity contribution is 5.96. The van der Waals surface area contributed by atoms with Gasteiger partial charge in [0.05, 0.1) is 6.61 Å². The molecule has 3 aromatic rings. The zero-order valence-corrected chi connectivity index (χ0v) is 17.7. The molecule has 3 heterocycles. The molecule has 3 aliphatic rings. The quantitative estimate of drug-likeness (QED) is 0.621. The van der Waals surface area contributed by atoms with Gasteiger partial charge >= 0.3 is 0 Å². The van der Waals surface area contributed by atoms with E-state index in [1.54, 1.807) is 11.0 Å². The van der Waals surface area contributed by atoms with Gasteiger partial charge in [0.25, 0.3) is 5.91 Å². The van der Waals surface area contributed by atoms with Gasteiger partial charge < -0.3 is 14.7 Å². The van der Waals surface area contributed by atoms with Gasteiger partial charge in [-0.1, -0.05) is 42.5 Å². The molecule has 8 heteroatoms. The fourth-order valence-corrected chi connectivity index (χ4v) is 4.99. The van der Waals surface area contributed by atoms with E-state index < -0.39 is 28.9 Å². The fraction of sp³-hybridized carbons (Fsp3) is 0.280. The van der Waals surface area contributed by atoms with Crippen LogP contribution >= 0.6 is 0 Å². The topological polar surface area (TPSA) is 75.0 Å². The normalized spacial score (nSPS) is 23.5. The van der Waals surface area contributed by atoms with Crippen molar-refractivity contribution in [2.45, 2.75) is 12.5 Å². The standard InChI is InChI=1S/C25H22FN3O4/c26-19-8-4-7-18-21(15-5-2-1-3-6-15)29-14-27(12-16-11-17(16)13-33-24(18)19)25(32)22-23(31)20(30)9-10-28(22)29/h1-10,16-17,21,31H,11-14H2/t16-,17-,21+/m0/s1. The molecule has 1 aromatic heterocycles. The maximum absolute atomic E-state index is 15.1. The second kappa shape index (κ2) is 7.37. The lowest BCUT2D eigenvalue weighted by Gasteiger charge is -2.44. The number of pyridine rings is 1. The second-order valence-corrected chi connectivity index (χ2v) is 8.87. The average molecular weight is 447 g/mol. The maximum atomic E-state index is 15.1. The molecule has 7 nitrogen and oxygen atoms in total. The first-order valence-corrected chi connectivity index (χ1v) is 11.0. The molecule has 2 aromatic carbocycles. The molecule has 3 atom stereocenters. The lowest BCUT2D eigenvalue weighted by atomic mass is 9.96. The van der Waals surface area contributed by atoms with E-state index in [0.717, 1.165) is 12.0 Å². The molecule has 1 amide bonds. The van der Waals surface area contributed by atoms with Crippen molar-refractivity contribution < 1.29 is 19.0 Å². The molecular weight excluding hydrogens is 425 g/mol. The molecule has 0 radical (unpaired) electrons. The molecule has 1 fully saturated rings. The van der Waals surface area contributed by atoms with Gasteiger partial charge in [-0.3, -0.25) is 19.3 Å². The Hall–Kier alpha value is -3.81. The SMILES string of the molecule is O=C1c2c(O)c(=O)ccn2N2CN1C[C@@H]1C[C@H]1COc1c(F)cccc1[C@H]2c1ccccc1. The number of fused-ring (bicyclic) bond motifs is 6. The number of carbonyl (C=O) groups excluding carboxylic acids is 1. The smallest absolute Gasteiger partial charge is 0.277 e. The number of hydrogen-bond acceptors (Lipinski definition) is 5. The van der Waals surface area contributed by atoms with E-state index in [-0.39, 0.29) is 29.9 Å². The third kappa shape index (κ3) is 3.16. The molecule has 0 spiro atoms. The molecule has 168 valence electrons. The van der Waals surface area contributed by atoms with Crippen LogP contribution in [-0.2, 0) is 0 Å². The summed E-state index contributed by atoms with van der Waals surface area (Å²) in [4.78, 5) is 27.2. The van der Waals surface area contributed by atoms with Gasteiger partial charge in [-0.05, 0) is 29.9 Å². The summed E-state index contributed by atoms with van der Waals surface area (Å²) in [5.41, 5.74) is 0.774. The minimum absolute atomic E-state index is 0.0787. The van der Waals surface area contributed by atoms with E-state index in [1.807, 2.05) is 41.4 Å². The van der Waals surface area contributed by atoms with Crippen LogP contribution in [0.25, 0.3) is 0 Å². The zero-order valence-electron chi connectivity index (χ0n) is 17.7. The van der Waals surface area contributed by atoms with Crippen LogP contribution in [0.1, 0.15) is 34.1 Å². The first-order chi connectivity index (χ1) is 16.0. The average Bonchev–Trinajstić information content (AvgIpc) is 3.56. The van der Waals surface area contributed by atoms with E-state index in [1.165, 1.54) is 23.0 Å². The van der Waals surface area contributed by atoms with Crippen LogP contribution in [0.3, 0.4) is 0 Å². The molecule has 0 unspecified atom stereocenters. The van der Waals surface area contributed by atoms with Crippen molar-refractivity contribution in [1.82, 2.24) is 9.58 Å². The van der Waals surface area contributed by atoms with Crippen molar-refractivity contribution in [3.8, 4) is 11.5 Å². The third-order valence-electron chi connectivity index (χ3n) is 6.81. The van der Waals surface area contributed by atoms with Gasteiger partial charge in [0, 0.05) is 24.4 Å². The highest BCUT2D eigenvalue weighted by atomic mass is 19.1. The summed E-state index contributed by atoms with van der Waals surface area (Å²) < 4.78 is 22.6. The van der Waals surface area contributed by atoms with Crippen LogP contribution in [-0.4, -0.2) is 40.4 Å². The van der Waals surface area contributed by atoms with Crippen LogP contribution in [0.5, 0.6) is 11.5 Å². The minimum Gasteiger partial charge on any atom is -0.502 e. The summed E-state index contributed by atoms with van der Waals surface area (Å²) in [7, 11) is 0. The van der Waals surface area contributed by atoms with Crippen molar-refractivity contribution in [2.24, 2.45) is 11.8 Å². The molecule has 1 saturated carbocycles. The Kier molecular flexibility index (Phi) is 4.43. The number of rotatable bonds is 1. The number of benzene rings is 2. The Labute approximate surface area is 189 Å². The number of aromatic nitrogens is 1. The monoisotopic (exact) mass is 447 g/mol. The molecule has 33 heavy (non-hydrogen) atoms. The summed E-state index contributed by atoms with van der Waals surface area (Å²) in [6.07, 6.45) is 2.37. The van der Waals surface area contributed by atoms with Crippen molar-refractivity contribution in [3.05, 3.63) is 93.7 Å². The summed E-state index contributed by atoms with van der Waals surface area (Å²) in [5, 5.41) is 12.5. The van der Waals surface area contributed by atoms with Gasteiger partial charge in [-0.25, -0.2) is 4.39 Å². The first kappa shape index (κ1) is 19.8. The van der Waals surface area contributed by atoms with Crippen LogP contribution in [0.15, 0.2) is 65.6 Å². The molecule has 1 N–H and O–H groups in total. The largest absolute Gasteiger partial charge is 0.502 e. The highest BCUT2D eigenvalue weighted by Gasteiger charge is 2.44. The summed E-state index contributed by atoms with van der Waals surface area (Å²) in [6.45, 7) is 1.07. The third-order valence-corrected chi connectivity index (χ3v) is 6.81. The predicted molar refractivity (Wildman–Crippen MR) is 118 cm³/mol. The van der Waals surface area contributed by atoms with Crippen LogP contribution in [0.4, 0.5) is 4.39 Å². The number of carbonyl (C=O) groups is 1. The van der Waals surface area contributed by atoms with Crippen LogP contribution in [0.2, 0.25) is 0 Å². The Bertz CT molecular complexity index is 1310. The highest BCUT2D eigenvalue weighted by Crippen LogP contribution is 2.44. The van der Waals surface area contributed by atoms with Gasteiger partial charge in [0.1, 0.15) is 12.7 Å². The van der Waals surface area contributed by atoms with E-state index in [9.17, 15) is 14.7 Å². The fourth-order valence-electron chi connectivity index (χ4n) is 4.99. The number of halogens is 1. The number of ether oxygens (including phenoxy) is 1. The number of hydrogen-bond donors (Lipinski definition) is 1. The summed E-state index contributed by atoms with van der Waals surface area (Å²) >= 11 is 0. The second-order valence-electron chi connectivity index (χ2n) is 8.87. The van der Waals surface area contributed by atoms with E-state index in [2.05, 4.69) is 0 Å². The van der Waals surface area contributed by atoms with E-state index >= 15 is 4.39 Å². The van der Waals surface area contributed by atoms with Crippen molar-refractivity contribution >= 4 is 5.91 Å². The number of amides is 1. The van der Waals surface area contributed by atoms with Crippen LogP contribution in [0, 0.1) is 17.7 Å². The number of aromatic hydroxyl groups is 1. The number of nitrogens with zero attached hydrogens (tertiary/aromatic N) is 3. The first-order valence-electron chi connectivity index (χ1n) is 11.0. The molecular formula is C25H22FN3O4. The van der Waals surface area contributed by atoms with E-state index in [4.69, 9.17) is 4.74 Å². The molecule has 2 bridgehead atoms. The Morgan fingerprint density at radius 1 is 1.00 bits per heavy atom. The molecule has 0 saturated heterocycles. The zero-order chi connectivity index (χ0) is 22.7. The molecule has 1 aliphatic carbocycles. The van der Waals surface area contributed by atoms with Crippen LogP contribution < -0.4 is 15.2 Å². The van der Waals surface area contributed by atoms with Crippen molar-refractivity contribution in [3.63, 3.8) is 0 Å². The Morgan fingerprint density at radius 3 is 2.64 bits per heavy atom. The molecule has 6 rings (SSSR count). The summed E-state index contributed by atoms with van der Waals surface area (Å²) in [6, 6.07) is 15.1. The molecule has 2 aliphatic heterocycles. The van der Waals surface area contributed by atoms with Gasteiger partial charge in [-0.15, -0.1) is 0 Å². The van der Waals surface area contributed by atoms with Crippen molar-refractivity contribution in [2.75, 3.05) is 24.8 Å². The van der Waals surface area contributed by atoms with Gasteiger partial charge in [0.2, 0.25) is 5.43 Å². The van der Waals surface area contributed by atoms with E-state index in [0.29, 0.717) is 18.7 Å². The Balaban J connectivity index is 1.63. The summed E-state index contributed by atoms with van der Waals surface area (Å²) in [5.74, 6) is -0.781. The van der Waals surface area contributed by atoms with Gasteiger partial charge in [0.15, 0.2) is 23.0 Å². The number of para-hydroxylation sites is 1.